The van der Waals surface area contributed by atoms with E-state index in [9.17, 15) is 4.79 Å². The van der Waals surface area contributed by atoms with Crippen LogP contribution in [0.5, 0.6) is 0 Å². The van der Waals surface area contributed by atoms with Gasteiger partial charge in [0, 0.05) is 18.1 Å². The molecule has 0 unspecified atom stereocenters. The molecule has 3 heterocycles. The molecule has 3 aliphatic rings. The smallest absolute Gasteiger partial charge is 0.284 e. The van der Waals surface area contributed by atoms with Crippen molar-refractivity contribution in [3.05, 3.63) is 40.1 Å². The molecule has 7 nitrogen and oxygen atoms in total. The lowest BCUT2D eigenvalue weighted by molar-refractivity contribution is 0.464. The van der Waals surface area contributed by atoms with Gasteiger partial charge in [0.2, 0.25) is 0 Å². The van der Waals surface area contributed by atoms with Crippen LogP contribution in [0.1, 0.15) is 56.0 Å². The van der Waals surface area contributed by atoms with Crippen molar-refractivity contribution in [2.75, 3.05) is 0 Å². The van der Waals surface area contributed by atoms with Crippen molar-refractivity contribution in [2.45, 2.75) is 51.5 Å². The van der Waals surface area contributed by atoms with E-state index < -0.39 is 0 Å². The molecule has 120 valence electrons. The summed E-state index contributed by atoms with van der Waals surface area (Å²) in [4.78, 5) is 28.6. The lowest BCUT2D eigenvalue weighted by Gasteiger charge is -2.13. The second kappa shape index (κ2) is 5.64. The number of aromatic nitrogens is 6. The van der Waals surface area contributed by atoms with Crippen molar-refractivity contribution in [3.8, 4) is 11.4 Å². The van der Waals surface area contributed by atoms with Crippen LogP contribution < -0.4 is 5.56 Å². The van der Waals surface area contributed by atoms with Crippen molar-refractivity contribution in [1.82, 2.24) is 29.7 Å². The van der Waals surface area contributed by atoms with Crippen molar-refractivity contribution >= 4 is 0 Å². The third kappa shape index (κ3) is 2.46. The molecular weight excluding hydrogens is 292 g/mol. The third-order valence-electron chi connectivity index (χ3n) is 4.61. The number of nitrogens with one attached hydrogen (secondary N) is 2. The number of rotatable bonds is 4. The second-order valence-corrected chi connectivity index (χ2v) is 6.11. The summed E-state index contributed by atoms with van der Waals surface area (Å²) >= 11 is 0. The van der Waals surface area contributed by atoms with Crippen LogP contribution in [-0.4, -0.2) is 29.7 Å². The van der Waals surface area contributed by atoms with E-state index in [0.29, 0.717) is 23.9 Å². The number of imidazole rings is 1. The molecule has 2 aliphatic heterocycles. The van der Waals surface area contributed by atoms with Crippen LogP contribution in [0.2, 0.25) is 0 Å². The largest absolute Gasteiger partial charge is 0.348 e. The van der Waals surface area contributed by atoms with Crippen LogP contribution in [-0.2, 0) is 12.8 Å². The molecule has 1 aromatic heterocycles. The second-order valence-electron chi connectivity index (χ2n) is 6.11. The van der Waals surface area contributed by atoms with E-state index in [-0.39, 0.29) is 5.56 Å². The average Bonchev–Trinajstić information content (AvgIpc) is 3.27. The predicted octanol–water partition coefficient (Wildman–Crippen LogP) is 2.06. The van der Waals surface area contributed by atoms with Gasteiger partial charge in [-0.25, -0.2) is 9.97 Å². The Morgan fingerprint density at radius 1 is 1.30 bits per heavy atom. The third-order valence-corrected chi connectivity index (χ3v) is 4.61. The minimum atomic E-state index is -0.193. The van der Waals surface area contributed by atoms with E-state index in [4.69, 9.17) is 0 Å². The van der Waals surface area contributed by atoms with Gasteiger partial charge < -0.3 is 4.98 Å². The van der Waals surface area contributed by atoms with Crippen LogP contribution in [0, 0.1) is 0 Å². The van der Waals surface area contributed by atoms with Gasteiger partial charge in [-0.2, -0.15) is 4.98 Å². The maximum atomic E-state index is 12.5. The molecular formula is C16H20N6O. The Balaban J connectivity index is 1.82. The molecule has 0 spiro atoms. The molecule has 1 aliphatic carbocycles. The summed E-state index contributed by atoms with van der Waals surface area (Å²) < 4.78 is 2.09. The van der Waals surface area contributed by atoms with E-state index in [2.05, 4.69) is 29.7 Å². The van der Waals surface area contributed by atoms with E-state index >= 15 is 0 Å². The highest BCUT2D eigenvalue weighted by atomic mass is 16.1. The van der Waals surface area contributed by atoms with Crippen LogP contribution in [0.15, 0.2) is 17.2 Å². The van der Waals surface area contributed by atoms with Crippen molar-refractivity contribution in [2.24, 2.45) is 0 Å². The maximum Gasteiger partial charge on any atom is 0.284 e. The summed E-state index contributed by atoms with van der Waals surface area (Å²) in [5.41, 5.74) is 1.38. The molecule has 0 aromatic carbocycles. The Hall–Kier alpha value is -2.44. The summed E-state index contributed by atoms with van der Waals surface area (Å²) in [6, 6.07) is 0.406. The Morgan fingerprint density at radius 2 is 2.13 bits per heavy atom. The van der Waals surface area contributed by atoms with Crippen LogP contribution in [0.3, 0.4) is 0 Å². The summed E-state index contributed by atoms with van der Waals surface area (Å²) in [6.45, 7) is 2.04. The number of H-pyrrole nitrogens is 2. The first kappa shape index (κ1) is 14.2. The highest BCUT2D eigenvalue weighted by Crippen LogP contribution is 2.33. The molecule has 0 bridgehead atoms. The number of fused-ring (bicyclic) bond motifs is 1. The van der Waals surface area contributed by atoms with E-state index in [1.807, 2.05) is 6.92 Å². The number of aryl methyl sites for hydroxylation is 1. The quantitative estimate of drug-likeness (QED) is 0.771. The van der Waals surface area contributed by atoms with Gasteiger partial charge in [0.25, 0.3) is 5.56 Å². The number of nitrogens with zero attached hydrogens (tertiary/aromatic N) is 4. The number of hydrogen-bond donors (Lipinski definition) is 2. The van der Waals surface area contributed by atoms with Gasteiger partial charge in [-0.15, -0.1) is 0 Å². The summed E-state index contributed by atoms with van der Waals surface area (Å²) in [6.07, 6.45) is 9.39. The minimum absolute atomic E-state index is 0.193. The molecule has 1 saturated carbocycles. The number of hydrogen-bond acceptors (Lipinski definition) is 4. The first-order valence-corrected chi connectivity index (χ1v) is 8.24. The summed E-state index contributed by atoms with van der Waals surface area (Å²) in [5, 5.41) is 3.40. The van der Waals surface area contributed by atoms with Gasteiger partial charge in [0.15, 0.2) is 5.82 Å². The monoisotopic (exact) mass is 312 g/mol. The normalized spacial score (nSPS) is 15.7. The molecule has 7 heteroatoms. The van der Waals surface area contributed by atoms with E-state index in [0.717, 1.165) is 36.6 Å². The predicted molar refractivity (Wildman–Crippen MR) is 85.5 cm³/mol. The zero-order valence-electron chi connectivity index (χ0n) is 13.2. The van der Waals surface area contributed by atoms with Gasteiger partial charge in [-0.1, -0.05) is 19.8 Å². The van der Waals surface area contributed by atoms with Gasteiger partial charge in [-0.3, -0.25) is 14.6 Å². The standard InChI is InChI=1S/C16H20N6O/c1-2-11-14-15(22(21-11)10-5-3-4-6-10)19-13(20-16(14)23)9-12-17-7-8-18-12/h7-8,10,21H,2-6,9H2,1H3,(H,17,18). The van der Waals surface area contributed by atoms with E-state index in [1.165, 1.54) is 12.8 Å². The van der Waals surface area contributed by atoms with Crippen LogP contribution >= 0.6 is 0 Å². The molecule has 0 saturated heterocycles. The SMILES string of the molecule is CCc1[nH]n(C2CCCC2)c2nc(Cc3ncc[nH]3)nc(=O)c1-2. The molecule has 0 radical (unpaired) electrons. The molecule has 0 atom stereocenters. The fourth-order valence-electron chi connectivity index (χ4n) is 3.47. The molecule has 1 aromatic rings. The molecule has 23 heavy (non-hydrogen) atoms. The molecule has 4 rings (SSSR count). The Morgan fingerprint density at radius 3 is 2.83 bits per heavy atom. The van der Waals surface area contributed by atoms with Crippen molar-refractivity contribution < 1.29 is 0 Å². The summed E-state index contributed by atoms with van der Waals surface area (Å²) in [7, 11) is 0. The maximum absolute atomic E-state index is 12.5. The van der Waals surface area contributed by atoms with Crippen molar-refractivity contribution in [1.29, 1.82) is 0 Å². The zero-order chi connectivity index (χ0) is 15.8. The molecule has 0 amide bonds. The fourth-order valence-corrected chi connectivity index (χ4v) is 3.47. The lowest BCUT2D eigenvalue weighted by Crippen LogP contribution is -2.19. The van der Waals surface area contributed by atoms with Gasteiger partial charge in [0.1, 0.15) is 17.2 Å². The summed E-state index contributed by atoms with van der Waals surface area (Å²) in [5.74, 6) is 2.03. The van der Waals surface area contributed by atoms with Gasteiger partial charge in [-0.05, 0) is 19.3 Å². The molecule has 2 N–H and O–H groups in total. The lowest BCUT2D eigenvalue weighted by atomic mass is 10.1. The molecule has 1 fully saturated rings. The zero-order valence-corrected chi connectivity index (χ0v) is 13.2. The van der Waals surface area contributed by atoms with Crippen LogP contribution in [0.4, 0.5) is 0 Å². The fraction of sp³-hybridized carbons (Fsp3) is 0.500. The first-order valence-electron chi connectivity index (χ1n) is 8.24. The Labute approximate surface area is 133 Å². The van der Waals surface area contributed by atoms with Gasteiger partial charge >= 0.3 is 0 Å². The van der Waals surface area contributed by atoms with Crippen LogP contribution in [0.25, 0.3) is 11.4 Å². The van der Waals surface area contributed by atoms with Gasteiger partial charge in [0.05, 0.1) is 12.5 Å². The highest BCUT2D eigenvalue weighted by Gasteiger charge is 2.27. The highest BCUT2D eigenvalue weighted by molar-refractivity contribution is 5.59. The first-order chi connectivity index (χ1) is 11.3. The number of aromatic amines is 2. The average molecular weight is 312 g/mol. The topological polar surface area (TPSA) is 92.2 Å². The Bertz CT molecular complexity index is 825. The Kier molecular flexibility index (Phi) is 3.48. The minimum Gasteiger partial charge on any atom is -0.348 e. The van der Waals surface area contributed by atoms with E-state index in [1.54, 1.807) is 12.4 Å². The van der Waals surface area contributed by atoms with Crippen molar-refractivity contribution in [3.63, 3.8) is 0 Å².